The van der Waals surface area contributed by atoms with E-state index < -0.39 is 0 Å². The summed E-state index contributed by atoms with van der Waals surface area (Å²) in [6.07, 6.45) is 0. The highest BCUT2D eigenvalue weighted by Crippen LogP contribution is 2.12. The maximum absolute atomic E-state index is 11.3. The van der Waals surface area contributed by atoms with Gasteiger partial charge in [-0.15, -0.1) is 11.8 Å². The van der Waals surface area contributed by atoms with Crippen molar-refractivity contribution in [3.63, 3.8) is 0 Å². The second-order valence-corrected chi connectivity index (χ2v) is 4.43. The lowest BCUT2D eigenvalue weighted by Gasteiger charge is -2.03. The van der Waals surface area contributed by atoms with Crippen LogP contribution in [-0.2, 0) is 10.5 Å². The Morgan fingerprint density at radius 3 is 2.71 bits per heavy atom. The van der Waals surface area contributed by atoms with Crippen molar-refractivity contribution in [2.24, 2.45) is 5.73 Å². The van der Waals surface area contributed by atoms with E-state index in [1.54, 1.807) is 23.9 Å². The summed E-state index contributed by atoms with van der Waals surface area (Å²) in [5.41, 5.74) is 7.04. The molecular weight excluding hydrogens is 234 g/mol. The van der Waals surface area contributed by atoms with Crippen molar-refractivity contribution in [3.05, 3.63) is 35.4 Å². The van der Waals surface area contributed by atoms with Crippen LogP contribution >= 0.6 is 11.8 Å². The first-order valence-electron chi connectivity index (χ1n) is 5.30. The smallest absolute Gasteiger partial charge is 0.230 e. The summed E-state index contributed by atoms with van der Waals surface area (Å²) in [6.45, 7) is 0.988. The van der Waals surface area contributed by atoms with Crippen LogP contribution in [0.3, 0.4) is 0 Å². The Morgan fingerprint density at radius 1 is 1.41 bits per heavy atom. The molecule has 5 heteroatoms. The topological polar surface area (TPSA) is 78.9 Å². The van der Waals surface area contributed by atoms with Crippen LogP contribution in [0.2, 0.25) is 0 Å². The van der Waals surface area contributed by atoms with E-state index in [4.69, 9.17) is 11.0 Å². The lowest BCUT2D eigenvalue weighted by Crippen LogP contribution is -2.30. The van der Waals surface area contributed by atoms with Gasteiger partial charge >= 0.3 is 0 Å². The Bertz CT molecular complexity index is 397. The zero-order valence-corrected chi connectivity index (χ0v) is 10.3. The molecule has 0 saturated carbocycles. The molecule has 1 aromatic carbocycles. The molecule has 0 saturated heterocycles. The van der Waals surface area contributed by atoms with Gasteiger partial charge in [-0.2, -0.15) is 5.26 Å². The number of nitrogens with one attached hydrogen (secondary N) is 1. The molecule has 0 fully saturated rings. The van der Waals surface area contributed by atoms with Crippen LogP contribution in [0, 0.1) is 11.3 Å². The minimum atomic E-state index is 0.00842. The van der Waals surface area contributed by atoms with Crippen LogP contribution in [0.4, 0.5) is 0 Å². The molecule has 1 amide bonds. The molecule has 90 valence electrons. The zero-order valence-electron chi connectivity index (χ0n) is 9.48. The van der Waals surface area contributed by atoms with Crippen LogP contribution in [-0.4, -0.2) is 24.7 Å². The van der Waals surface area contributed by atoms with Gasteiger partial charge in [0, 0.05) is 18.8 Å². The fourth-order valence-corrected chi connectivity index (χ4v) is 2.02. The van der Waals surface area contributed by atoms with Crippen molar-refractivity contribution in [2.45, 2.75) is 5.75 Å². The second-order valence-electron chi connectivity index (χ2n) is 3.44. The minimum absolute atomic E-state index is 0.00842. The summed E-state index contributed by atoms with van der Waals surface area (Å²) in [5.74, 6) is 1.20. The second kappa shape index (κ2) is 7.71. The molecule has 4 nitrogen and oxygen atoms in total. The van der Waals surface area contributed by atoms with E-state index in [0.29, 0.717) is 24.4 Å². The summed E-state index contributed by atoms with van der Waals surface area (Å²) in [7, 11) is 0. The maximum atomic E-state index is 11.3. The highest BCUT2D eigenvalue weighted by atomic mass is 32.2. The van der Waals surface area contributed by atoms with Crippen molar-refractivity contribution < 1.29 is 4.79 Å². The minimum Gasteiger partial charge on any atom is -0.354 e. The molecule has 17 heavy (non-hydrogen) atoms. The lowest BCUT2D eigenvalue weighted by molar-refractivity contribution is -0.118. The van der Waals surface area contributed by atoms with Gasteiger partial charge < -0.3 is 11.1 Å². The molecule has 0 heterocycles. The fourth-order valence-electron chi connectivity index (χ4n) is 1.20. The number of nitrogens with two attached hydrogens (primary N) is 1. The Hall–Kier alpha value is -1.51. The van der Waals surface area contributed by atoms with Gasteiger partial charge in [-0.3, -0.25) is 4.79 Å². The van der Waals surface area contributed by atoms with Gasteiger partial charge in [-0.1, -0.05) is 12.1 Å². The Morgan fingerprint density at radius 2 is 2.12 bits per heavy atom. The number of thioether (sulfide) groups is 1. The summed E-state index contributed by atoms with van der Waals surface area (Å²) in [5, 5.41) is 11.4. The van der Waals surface area contributed by atoms with Crippen molar-refractivity contribution >= 4 is 17.7 Å². The quantitative estimate of drug-likeness (QED) is 0.784. The third-order valence-electron chi connectivity index (χ3n) is 2.05. The summed E-state index contributed by atoms with van der Waals surface area (Å²) >= 11 is 1.54. The van der Waals surface area contributed by atoms with E-state index >= 15 is 0 Å². The highest BCUT2D eigenvalue weighted by Gasteiger charge is 2.00. The Labute approximate surface area is 105 Å². The zero-order chi connectivity index (χ0) is 12.5. The predicted octanol–water partition coefficient (Wildman–Crippen LogP) is 0.866. The number of rotatable bonds is 6. The fraction of sp³-hybridized carbons (Fsp3) is 0.333. The van der Waals surface area contributed by atoms with Gasteiger partial charge in [0.1, 0.15) is 0 Å². The molecule has 1 aromatic rings. The lowest BCUT2D eigenvalue weighted by atomic mass is 10.2. The van der Waals surface area contributed by atoms with Crippen LogP contribution in [0.5, 0.6) is 0 Å². The standard InChI is InChI=1S/C12H15N3OS/c13-5-6-15-12(16)9-17-8-11-3-1-10(7-14)2-4-11/h1-4H,5-6,8-9,13H2,(H,15,16). The van der Waals surface area contributed by atoms with Gasteiger partial charge in [0.25, 0.3) is 0 Å². The van der Waals surface area contributed by atoms with E-state index in [9.17, 15) is 4.79 Å². The van der Waals surface area contributed by atoms with E-state index in [-0.39, 0.29) is 5.91 Å². The van der Waals surface area contributed by atoms with Crippen molar-refractivity contribution in [2.75, 3.05) is 18.8 Å². The van der Waals surface area contributed by atoms with E-state index in [0.717, 1.165) is 11.3 Å². The molecule has 0 aliphatic heterocycles. The summed E-state index contributed by atoms with van der Waals surface area (Å²) in [4.78, 5) is 11.3. The van der Waals surface area contributed by atoms with E-state index in [1.165, 1.54) is 0 Å². The molecule has 1 rings (SSSR count). The largest absolute Gasteiger partial charge is 0.354 e. The Balaban J connectivity index is 2.26. The monoisotopic (exact) mass is 249 g/mol. The molecule has 0 aliphatic carbocycles. The number of hydrogen-bond donors (Lipinski definition) is 2. The predicted molar refractivity (Wildman–Crippen MR) is 69.4 cm³/mol. The summed E-state index contributed by atoms with van der Waals surface area (Å²) in [6, 6.07) is 9.45. The number of nitrogens with zero attached hydrogens (tertiary/aromatic N) is 1. The first kappa shape index (κ1) is 13.6. The molecule has 0 radical (unpaired) electrons. The van der Waals surface area contributed by atoms with Crippen molar-refractivity contribution in [1.29, 1.82) is 5.26 Å². The summed E-state index contributed by atoms with van der Waals surface area (Å²) < 4.78 is 0. The van der Waals surface area contributed by atoms with Crippen LogP contribution in [0.25, 0.3) is 0 Å². The molecule has 3 N–H and O–H groups in total. The van der Waals surface area contributed by atoms with Gasteiger partial charge in [0.15, 0.2) is 0 Å². The van der Waals surface area contributed by atoms with Crippen LogP contribution < -0.4 is 11.1 Å². The van der Waals surface area contributed by atoms with Crippen LogP contribution in [0.1, 0.15) is 11.1 Å². The van der Waals surface area contributed by atoms with Crippen molar-refractivity contribution in [1.82, 2.24) is 5.32 Å². The third kappa shape index (κ3) is 5.38. The maximum Gasteiger partial charge on any atom is 0.230 e. The number of carbonyl (C=O) groups is 1. The van der Waals surface area contributed by atoms with Crippen molar-refractivity contribution in [3.8, 4) is 6.07 Å². The third-order valence-corrected chi connectivity index (χ3v) is 3.06. The van der Waals surface area contributed by atoms with E-state index in [1.807, 2.05) is 12.1 Å². The van der Waals surface area contributed by atoms with Crippen LogP contribution in [0.15, 0.2) is 24.3 Å². The number of amides is 1. The molecule has 0 aliphatic rings. The number of hydrogen-bond acceptors (Lipinski definition) is 4. The Kier molecular flexibility index (Phi) is 6.15. The number of nitriles is 1. The van der Waals surface area contributed by atoms with Gasteiger partial charge in [0.05, 0.1) is 17.4 Å². The number of carbonyl (C=O) groups excluding carboxylic acids is 1. The molecule has 0 spiro atoms. The number of benzene rings is 1. The first-order valence-corrected chi connectivity index (χ1v) is 6.45. The van der Waals surface area contributed by atoms with Gasteiger partial charge in [-0.05, 0) is 17.7 Å². The molecule has 0 aromatic heterocycles. The average Bonchev–Trinajstić information content (AvgIpc) is 2.37. The normalized spacial score (nSPS) is 9.65. The molecule has 0 bridgehead atoms. The first-order chi connectivity index (χ1) is 8.26. The molecule has 0 unspecified atom stereocenters. The van der Waals surface area contributed by atoms with E-state index in [2.05, 4.69) is 11.4 Å². The average molecular weight is 249 g/mol. The highest BCUT2D eigenvalue weighted by molar-refractivity contribution is 7.99. The van der Waals surface area contributed by atoms with Gasteiger partial charge in [0.2, 0.25) is 5.91 Å². The molecular formula is C12H15N3OS. The van der Waals surface area contributed by atoms with Gasteiger partial charge in [-0.25, -0.2) is 0 Å². The SMILES string of the molecule is N#Cc1ccc(CSCC(=O)NCCN)cc1. The molecule has 0 atom stereocenters.